The number of benzene rings is 1. The third-order valence-electron chi connectivity index (χ3n) is 3.87. The third-order valence-corrected chi connectivity index (χ3v) is 3.87. The van der Waals surface area contributed by atoms with Gasteiger partial charge in [0.05, 0.1) is 6.61 Å². The molecule has 1 heterocycles. The van der Waals surface area contributed by atoms with Gasteiger partial charge in [-0.25, -0.2) is 0 Å². The van der Waals surface area contributed by atoms with Crippen molar-refractivity contribution in [2.24, 2.45) is 11.8 Å². The van der Waals surface area contributed by atoms with Crippen LogP contribution in [0.3, 0.4) is 0 Å². The van der Waals surface area contributed by atoms with Gasteiger partial charge in [0.1, 0.15) is 5.75 Å². The minimum Gasteiger partial charge on any atom is -0.493 e. The third kappa shape index (κ3) is 3.71. The fourth-order valence-corrected chi connectivity index (χ4v) is 2.60. The molecular weight excluding hydrogens is 238 g/mol. The lowest BCUT2D eigenvalue weighted by Crippen LogP contribution is -2.34. The van der Waals surface area contributed by atoms with Crippen molar-refractivity contribution in [2.45, 2.75) is 32.7 Å². The van der Waals surface area contributed by atoms with E-state index in [1.807, 2.05) is 12.1 Å². The van der Waals surface area contributed by atoms with E-state index in [0.29, 0.717) is 17.9 Å². The predicted octanol–water partition coefficient (Wildman–Crippen LogP) is 2.75. The van der Waals surface area contributed by atoms with Gasteiger partial charge in [-0.2, -0.15) is 0 Å². The van der Waals surface area contributed by atoms with Gasteiger partial charge in [-0.3, -0.25) is 0 Å². The molecule has 3 nitrogen and oxygen atoms in total. The maximum absolute atomic E-state index is 9.02. The van der Waals surface area contributed by atoms with E-state index in [-0.39, 0.29) is 6.61 Å². The molecule has 19 heavy (non-hydrogen) atoms. The summed E-state index contributed by atoms with van der Waals surface area (Å²) in [6.45, 7) is 6.38. The van der Waals surface area contributed by atoms with Gasteiger partial charge in [0.25, 0.3) is 0 Å². The molecule has 0 amide bonds. The van der Waals surface area contributed by atoms with Gasteiger partial charge in [0.2, 0.25) is 0 Å². The highest BCUT2D eigenvalue weighted by atomic mass is 16.5. The smallest absolute Gasteiger partial charge is 0.124 e. The van der Waals surface area contributed by atoms with E-state index < -0.39 is 0 Å². The first-order chi connectivity index (χ1) is 9.22. The van der Waals surface area contributed by atoms with Gasteiger partial charge in [0, 0.05) is 24.1 Å². The molecule has 0 fully saturated rings. The Bertz CT molecular complexity index is 394. The zero-order valence-electron chi connectivity index (χ0n) is 11.9. The molecule has 0 spiro atoms. The van der Waals surface area contributed by atoms with Crippen molar-refractivity contribution in [1.29, 1.82) is 0 Å². The first-order valence-electron chi connectivity index (χ1n) is 7.28. The molecule has 0 bridgehead atoms. The molecule has 2 N–H and O–H groups in total. The number of aliphatic hydroxyl groups is 1. The van der Waals surface area contributed by atoms with Crippen LogP contribution in [0, 0.1) is 11.8 Å². The summed E-state index contributed by atoms with van der Waals surface area (Å²) in [5.41, 5.74) is 1.27. The highest BCUT2D eigenvalue weighted by Crippen LogP contribution is 2.34. The summed E-state index contributed by atoms with van der Waals surface area (Å²) in [5.74, 6) is 1.91. The summed E-state index contributed by atoms with van der Waals surface area (Å²) < 4.78 is 5.75. The van der Waals surface area contributed by atoms with Gasteiger partial charge in [-0.05, 0) is 31.4 Å². The second-order valence-electron chi connectivity index (χ2n) is 5.69. The van der Waals surface area contributed by atoms with E-state index in [9.17, 15) is 0 Å². The van der Waals surface area contributed by atoms with Crippen LogP contribution in [0.1, 0.15) is 38.3 Å². The normalized spacial score (nSPS) is 23.5. The second kappa shape index (κ2) is 6.92. The van der Waals surface area contributed by atoms with E-state index in [0.717, 1.165) is 31.7 Å². The molecule has 106 valence electrons. The highest BCUT2D eigenvalue weighted by Gasteiger charge is 2.26. The maximum atomic E-state index is 9.02. The standard InChI is InChI=1S/C16H25NO2/c1-12(10-18)6-5-9-17-16-13(2)11-19-15-8-4-3-7-14(15)16/h3-4,7-8,12-13,16-18H,5-6,9-11H2,1-2H3. The maximum Gasteiger partial charge on any atom is 0.124 e. The van der Waals surface area contributed by atoms with Crippen molar-refractivity contribution in [3.63, 3.8) is 0 Å². The molecule has 0 radical (unpaired) electrons. The first kappa shape index (κ1) is 14.4. The SMILES string of the molecule is CC(CO)CCCNC1c2ccccc2OCC1C. The molecule has 1 aromatic carbocycles. The van der Waals surface area contributed by atoms with Crippen LogP contribution in [-0.4, -0.2) is 24.9 Å². The molecule has 3 atom stereocenters. The van der Waals surface area contributed by atoms with Crippen molar-refractivity contribution < 1.29 is 9.84 Å². The molecule has 1 aliphatic heterocycles. The fraction of sp³-hybridized carbons (Fsp3) is 0.625. The number of rotatable bonds is 6. The molecule has 0 saturated heterocycles. The summed E-state index contributed by atoms with van der Waals surface area (Å²) in [6, 6.07) is 8.68. The number of fused-ring (bicyclic) bond motifs is 1. The number of hydrogen-bond acceptors (Lipinski definition) is 3. The Kier molecular flexibility index (Phi) is 5.23. The predicted molar refractivity (Wildman–Crippen MR) is 77.3 cm³/mol. The van der Waals surface area contributed by atoms with Gasteiger partial charge in [0.15, 0.2) is 0 Å². The molecular formula is C16H25NO2. The molecule has 3 unspecified atom stereocenters. The average molecular weight is 263 g/mol. The number of ether oxygens (including phenoxy) is 1. The Morgan fingerprint density at radius 3 is 3.00 bits per heavy atom. The zero-order chi connectivity index (χ0) is 13.7. The van der Waals surface area contributed by atoms with Crippen LogP contribution in [0.4, 0.5) is 0 Å². The van der Waals surface area contributed by atoms with E-state index in [2.05, 4.69) is 31.3 Å². The van der Waals surface area contributed by atoms with E-state index in [4.69, 9.17) is 9.84 Å². The van der Waals surface area contributed by atoms with Crippen LogP contribution in [-0.2, 0) is 0 Å². The topological polar surface area (TPSA) is 41.5 Å². The summed E-state index contributed by atoms with van der Waals surface area (Å²) in [6.07, 6.45) is 2.18. The monoisotopic (exact) mass is 263 g/mol. The number of para-hydroxylation sites is 1. The number of hydrogen-bond donors (Lipinski definition) is 2. The molecule has 0 aromatic heterocycles. The Morgan fingerprint density at radius 1 is 1.42 bits per heavy atom. The molecule has 2 rings (SSSR count). The van der Waals surface area contributed by atoms with E-state index >= 15 is 0 Å². The lowest BCUT2D eigenvalue weighted by atomic mass is 9.92. The average Bonchev–Trinajstić information content (AvgIpc) is 2.45. The van der Waals surface area contributed by atoms with Crippen molar-refractivity contribution in [1.82, 2.24) is 5.32 Å². The molecule has 3 heteroatoms. The second-order valence-corrected chi connectivity index (χ2v) is 5.69. The Morgan fingerprint density at radius 2 is 2.21 bits per heavy atom. The summed E-state index contributed by atoms with van der Waals surface area (Å²) in [7, 11) is 0. The summed E-state index contributed by atoms with van der Waals surface area (Å²) in [5, 5.41) is 12.7. The van der Waals surface area contributed by atoms with Crippen molar-refractivity contribution in [2.75, 3.05) is 19.8 Å². The van der Waals surface area contributed by atoms with Crippen LogP contribution >= 0.6 is 0 Å². The number of nitrogens with one attached hydrogen (secondary N) is 1. The largest absolute Gasteiger partial charge is 0.493 e. The molecule has 0 aliphatic carbocycles. The van der Waals surface area contributed by atoms with Gasteiger partial charge >= 0.3 is 0 Å². The van der Waals surface area contributed by atoms with Crippen LogP contribution in [0.2, 0.25) is 0 Å². The van der Waals surface area contributed by atoms with Crippen LogP contribution in [0.5, 0.6) is 5.75 Å². The van der Waals surface area contributed by atoms with E-state index in [1.165, 1.54) is 5.56 Å². The quantitative estimate of drug-likeness (QED) is 0.775. The lowest BCUT2D eigenvalue weighted by molar-refractivity contribution is 0.186. The molecule has 1 aliphatic rings. The van der Waals surface area contributed by atoms with Gasteiger partial charge < -0.3 is 15.2 Å². The Balaban J connectivity index is 1.89. The molecule has 0 saturated carbocycles. The van der Waals surface area contributed by atoms with Crippen LogP contribution < -0.4 is 10.1 Å². The first-order valence-corrected chi connectivity index (χ1v) is 7.28. The van der Waals surface area contributed by atoms with Crippen molar-refractivity contribution in [3.8, 4) is 5.75 Å². The highest BCUT2D eigenvalue weighted by molar-refractivity contribution is 5.37. The van der Waals surface area contributed by atoms with Gasteiger partial charge in [-0.1, -0.05) is 32.0 Å². The zero-order valence-corrected chi connectivity index (χ0v) is 11.9. The fourth-order valence-electron chi connectivity index (χ4n) is 2.60. The Labute approximate surface area is 116 Å². The number of aliphatic hydroxyl groups excluding tert-OH is 1. The summed E-state index contributed by atoms with van der Waals surface area (Å²) in [4.78, 5) is 0. The summed E-state index contributed by atoms with van der Waals surface area (Å²) >= 11 is 0. The van der Waals surface area contributed by atoms with Crippen LogP contribution in [0.15, 0.2) is 24.3 Å². The van der Waals surface area contributed by atoms with E-state index in [1.54, 1.807) is 0 Å². The van der Waals surface area contributed by atoms with Crippen molar-refractivity contribution >= 4 is 0 Å². The van der Waals surface area contributed by atoms with Crippen molar-refractivity contribution in [3.05, 3.63) is 29.8 Å². The van der Waals surface area contributed by atoms with Crippen LogP contribution in [0.25, 0.3) is 0 Å². The lowest BCUT2D eigenvalue weighted by Gasteiger charge is -2.32. The Hall–Kier alpha value is -1.06. The minimum absolute atomic E-state index is 0.288. The van der Waals surface area contributed by atoms with Gasteiger partial charge in [-0.15, -0.1) is 0 Å². The molecule has 1 aromatic rings. The minimum atomic E-state index is 0.288.